The van der Waals surface area contributed by atoms with Crippen LogP contribution in [0.5, 0.6) is 0 Å². The van der Waals surface area contributed by atoms with Crippen LogP contribution in [0, 0.1) is 46.3 Å². The summed E-state index contributed by atoms with van der Waals surface area (Å²) in [6, 6.07) is 0. The summed E-state index contributed by atoms with van der Waals surface area (Å²) in [7, 11) is 0. The molecule has 0 aromatic rings. The molecule has 2 N–H and O–H groups in total. The van der Waals surface area contributed by atoms with Crippen molar-refractivity contribution in [3.05, 3.63) is 11.6 Å². The van der Waals surface area contributed by atoms with Crippen LogP contribution in [-0.2, 0) is 0 Å². The van der Waals surface area contributed by atoms with Gasteiger partial charge in [0.25, 0.3) is 0 Å². The predicted octanol–water partition coefficient (Wildman–Crippen LogP) is 7.14. The van der Waals surface area contributed by atoms with Crippen molar-refractivity contribution in [3.63, 3.8) is 0 Å². The lowest BCUT2D eigenvalue weighted by atomic mass is 9.46. The van der Waals surface area contributed by atoms with E-state index in [2.05, 4.69) is 40.7 Å². The minimum Gasteiger partial charge on any atom is -0.390 e. The van der Waals surface area contributed by atoms with Crippen LogP contribution in [0.3, 0.4) is 0 Å². The van der Waals surface area contributed by atoms with Gasteiger partial charge in [0, 0.05) is 0 Å². The van der Waals surface area contributed by atoms with Crippen LogP contribution in [0.25, 0.3) is 0 Å². The average Bonchev–Trinajstić information content (AvgIpc) is 3.04. The Morgan fingerprint density at radius 2 is 1.74 bits per heavy atom. The van der Waals surface area contributed by atoms with Crippen LogP contribution in [0.4, 0.5) is 0 Å². The first-order valence-electron chi connectivity index (χ1n) is 13.4. The highest BCUT2D eigenvalue weighted by Crippen LogP contribution is 2.67. The number of fused-ring (bicyclic) bond motifs is 5. The van der Waals surface area contributed by atoms with E-state index in [1.807, 2.05) is 13.8 Å². The van der Waals surface area contributed by atoms with Gasteiger partial charge in [0.1, 0.15) is 0 Å². The minimum atomic E-state index is -0.536. The zero-order valence-electron chi connectivity index (χ0n) is 21.5. The van der Waals surface area contributed by atoms with Crippen molar-refractivity contribution in [2.75, 3.05) is 0 Å². The van der Waals surface area contributed by atoms with E-state index in [-0.39, 0.29) is 0 Å². The van der Waals surface area contributed by atoms with Gasteiger partial charge in [-0.15, -0.1) is 0 Å². The van der Waals surface area contributed by atoms with Gasteiger partial charge < -0.3 is 10.2 Å². The van der Waals surface area contributed by atoms with Gasteiger partial charge >= 0.3 is 0 Å². The molecule has 2 heteroatoms. The standard InChI is InChI=1S/C29H50O2/c1-19(2)29(7,31)15-12-20(3)23-10-11-24-22-9-8-21-18-26(4,30)16-17-27(21,5)25(22)13-14-28(23,24)6/h8,19-20,22-25,30-31H,9-18H2,1-7H3/t20-,22+,23?,24+,25+,26+,27+,28-,29?/m1/s1. The van der Waals surface area contributed by atoms with Crippen molar-refractivity contribution in [1.82, 2.24) is 0 Å². The monoisotopic (exact) mass is 430 g/mol. The van der Waals surface area contributed by atoms with Crippen LogP contribution >= 0.6 is 0 Å². The van der Waals surface area contributed by atoms with E-state index in [1.54, 1.807) is 5.57 Å². The second-order valence-corrected chi connectivity index (χ2v) is 13.7. The fourth-order valence-corrected chi connectivity index (χ4v) is 8.79. The van der Waals surface area contributed by atoms with E-state index < -0.39 is 11.2 Å². The van der Waals surface area contributed by atoms with Crippen LogP contribution in [0.15, 0.2) is 11.6 Å². The Bertz CT molecular complexity index is 704. The van der Waals surface area contributed by atoms with Crippen LogP contribution in [-0.4, -0.2) is 21.4 Å². The molecule has 0 aliphatic heterocycles. The zero-order valence-corrected chi connectivity index (χ0v) is 21.5. The van der Waals surface area contributed by atoms with Crippen molar-refractivity contribution < 1.29 is 10.2 Å². The molecule has 4 rings (SSSR count). The average molecular weight is 431 g/mol. The van der Waals surface area contributed by atoms with Crippen molar-refractivity contribution in [1.29, 1.82) is 0 Å². The molecule has 0 bridgehead atoms. The Morgan fingerprint density at radius 3 is 2.42 bits per heavy atom. The normalized spacial score (nSPS) is 47.7. The third-order valence-electron chi connectivity index (χ3n) is 11.5. The second kappa shape index (κ2) is 7.86. The number of aliphatic hydroxyl groups is 2. The van der Waals surface area contributed by atoms with E-state index in [9.17, 15) is 10.2 Å². The number of hydrogen-bond donors (Lipinski definition) is 2. The molecule has 9 atom stereocenters. The SMILES string of the molecule is CC(C)C(C)(O)CC[C@@H](C)C1CC[C@H]2[C@@H]3CC=C4C[C@@](C)(O)CC[C@]4(C)[C@H]3CC[C@]12C. The lowest BCUT2D eigenvalue weighted by Crippen LogP contribution is -2.52. The minimum absolute atomic E-state index is 0.322. The zero-order chi connectivity index (χ0) is 22.8. The molecule has 4 aliphatic carbocycles. The molecule has 31 heavy (non-hydrogen) atoms. The Hall–Kier alpha value is -0.340. The summed E-state index contributed by atoms with van der Waals surface area (Å²) in [6.45, 7) is 16.0. The van der Waals surface area contributed by atoms with E-state index in [1.165, 1.54) is 38.5 Å². The first kappa shape index (κ1) is 23.8. The predicted molar refractivity (Wildman–Crippen MR) is 130 cm³/mol. The second-order valence-electron chi connectivity index (χ2n) is 13.7. The lowest BCUT2D eigenvalue weighted by Gasteiger charge is -2.59. The van der Waals surface area contributed by atoms with Crippen LogP contribution in [0.2, 0.25) is 0 Å². The van der Waals surface area contributed by atoms with Crippen molar-refractivity contribution >= 4 is 0 Å². The van der Waals surface area contributed by atoms with Gasteiger partial charge in [-0.2, -0.15) is 0 Å². The molecule has 4 aliphatic rings. The Balaban J connectivity index is 1.49. The lowest BCUT2D eigenvalue weighted by molar-refractivity contribution is -0.0721. The molecule has 0 aromatic carbocycles. The molecule has 3 fully saturated rings. The highest BCUT2D eigenvalue weighted by Gasteiger charge is 2.59. The topological polar surface area (TPSA) is 40.5 Å². The van der Waals surface area contributed by atoms with E-state index >= 15 is 0 Å². The van der Waals surface area contributed by atoms with Gasteiger partial charge in [0.2, 0.25) is 0 Å². The molecule has 0 radical (unpaired) electrons. The highest BCUT2D eigenvalue weighted by atomic mass is 16.3. The van der Waals surface area contributed by atoms with Gasteiger partial charge in [0.15, 0.2) is 0 Å². The molecule has 0 amide bonds. The van der Waals surface area contributed by atoms with Crippen molar-refractivity contribution in [3.8, 4) is 0 Å². The van der Waals surface area contributed by atoms with Crippen LogP contribution < -0.4 is 0 Å². The maximum absolute atomic E-state index is 10.8. The summed E-state index contributed by atoms with van der Waals surface area (Å²) >= 11 is 0. The molecule has 0 saturated heterocycles. The smallest absolute Gasteiger partial charge is 0.0657 e. The molecule has 2 unspecified atom stereocenters. The number of hydrogen-bond acceptors (Lipinski definition) is 2. The molecule has 2 nitrogen and oxygen atoms in total. The Labute approximate surface area is 192 Å². The molecule has 0 heterocycles. The fraction of sp³-hybridized carbons (Fsp3) is 0.931. The van der Waals surface area contributed by atoms with Gasteiger partial charge in [0.05, 0.1) is 11.2 Å². The maximum atomic E-state index is 10.8. The summed E-state index contributed by atoms with van der Waals surface area (Å²) in [4.78, 5) is 0. The third kappa shape index (κ3) is 3.96. The fourth-order valence-electron chi connectivity index (χ4n) is 8.79. The summed E-state index contributed by atoms with van der Waals surface area (Å²) in [6.07, 6.45) is 14.5. The molecule has 0 spiro atoms. The molecule has 0 aromatic heterocycles. The molecule has 178 valence electrons. The number of allylic oxidation sites excluding steroid dienone is 1. The molecular formula is C29H50O2. The highest BCUT2D eigenvalue weighted by molar-refractivity contribution is 5.26. The van der Waals surface area contributed by atoms with Gasteiger partial charge in [-0.3, -0.25) is 0 Å². The third-order valence-corrected chi connectivity index (χ3v) is 11.5. The van der Waals surface area contributed by atoms with Crippen LogP contribution in [0.1, 0.15) is 113 Å². The van der Waals surface area contributed by atoms with E-state index in [4.69, 9.17) is 0 Å². The number of rotatable bonds is 5. The molecular weight excluding hydrogens is 380 g/mol. The van der Waals surface area contributed by atoms with Crippen molar-refractivity contribution in [2.45, 2.75) is 124 Å². The quantitative estimate of drug-likeness (QED) is 0.455. The maximum Gasteiger partial charge on any atom is 0.0657 e. The first-order chi connectivity index (χ1) is 14.3. The summed E-state index contributed by atoms with van der Waals surface area (Å²) in [5.41, 5.74) is 1.35. The molecule has 3 saturated carbocycles. The summed E-state index contributed by atoms with van der Waals surface area (Å²) in [5, 5.41) is 21.5. The largest absolute Gasteiger partial charge is 0.390 e. The van der Waals surface area contributed by atoms with E-state index in [0.717, 1.165) is 49.4 Å². The Kier molecular flexibility index (Phi) is 6.04. The van der Waals surface area contributed by atoms with Crippen molar-refractivity contribution in [2.24, 2.45) is 46.3 Å². The van der Waals surface area contributed by atoms with Gasteiger partial charge in [-0.05, 0) is 124 Å². The summed E-state index contributed by atoms with van der Waals surface area (Å²) in [5.74, 6) is 4.35. The summed E-state index contributed by atoms with van der Waals surface area (Å²) < 4.78 is 0. The van der Waals surface area contributed by atoms with Gasteiger partial charge in [-0.25, -0.2) is 0 Å². The van der Waals surface area contributed by atoms with E-state index in [0.29, 0.717) is 22.7 Å². The first-order valence-corrected chi connectivity index (χ1v) is 13.4. The Morgan fingerprint density at radius 1 is 1.03 bits per heavy atom. The van der Waals surface area contributed by atoms with Gasteiger partial charge in [-0.1, -0.05) is 46.3 Å².